The Labute approximate surface area is 194 Å². The number of hydrogen-bond donors (Lipinski definition) is 1. The first-order valence-corrected chi connectivity index (χ1v) is 14.3. The first-order valence-electron chi connectivity index (χ1n) is 12.8. The normalized spacial score (nSPS) is 37.6. The van der Waals surface area contributed by atoms with Gasteiger partial charge in [-0.15, -0.1) is 0 Å². The largest absolute Gasteiger partial charge is 0.381 e. The minimum Gasteiger partial charge on any atom is -0.381 e. The number of piperidine rings is 1. The van der Waals surface area contributed by atoms with Crippen molar-refractivity contribution in [3.8, 4) is 0 Å². The second kappa shape index (κ2) is 10.7. The minimum atomic E-state index is -3.21. The molecule has 4 fully saturated rings. The molecule has 1 saturated heterocycles. The predicted octanol–water partition coefficient (Wildman–Crippen LogP) is 3.23. The smallest absolute Gasteiger partial charge is 0.223 e. The summed E-state index contributed by atoms with van der Waals surface area (Å²) in [4.78, 5) is 13.1. The highest BCUT2D eigenvalue weighted by Gasteiger charge is 2.45. The molecule has 1 aliphatic heterocycles. The Hall–Kier alpha value is -0.700. The predicted molar refractivity (Wildman–Crippen MR) is 124 cm³/mol. The zero-order valence-corrected chi connectivity index (χ0v) is 20.7. The number of rotatable bonds is 6. The van der Waals surface area contributed by atoms with Crippen LogP contribution in [-0.4, -0.2) is 68.9 Å². The maximum Gasteiger partial charge on any atom is 0.223 e. The molecule has 0 spiro atoms. The molecule has 4 aliphatic rings. The minimum absolute atomic E-state index is 0.0667. The second-order valence-electron chi connectivity index (χ2n) is 10.5. The Balaban J connectivity index is 1.35. The number of ether oxygens (including phenoxy) is 2. The average molecular weight is 471 g/mol. The van der Waals surface area contributed by atoms with Crippen LogP contribution in [0.2, 0.25) is 0 Å². The lowest BCUT2D eigenvalue weighted by Crippen LogP contribution is -2.56. The lowest BCUT2D eigenvalue weighted by molar-refractivity contribution is -0.131. The maximum atomic E-state index is 13.4. The second-order valence-corrected chi connectivity index (χ2v) is 12.7. The maximum absolute atomic E-state index is 13.4. The van der Waals surface area contributed by atoms with Gasteiger partial charge in [-0.05, 0) is 70.1 Å². The summed E-state index contributed by atoms with van der Waals surface area (Å²) in [6.45, 7) is 0.677. The molecule has 32 heavy (non-hydrogen) atoms. The van der Waals surface area contributed by atoms with E-state index in [0.717, 1.165) is 83.5 Å². The molecule has 5 unspecified atom stereocenters. The van der Waals surface area contributed by atoms with E-state index in [-0.39, 0.29) is 41.4 Å². The number of methoxy groups -OCH3 is 2. The van der Waals surface area contributed by atoms with E-state index in [9.17, 15) is 13.2 Å². The van der Waals surface area contributed by atoms with Gasteiger partial charge in [0.1, 0.15) is 0 Å². The van der Waals surface area contributed by atoms with Crippen molar-refractivity contribution >= 4 is 15.9 Å². The van der Waals surface area contributed by atoms with Crippen LogP contribution >= 0.6 is 0 Å². The van der Waals surface area contributed by atoms with E-state index in [2.05, 4.69) is 5.32 Å². The third-order valence-corrected chi connectivity index (χ3v) is 11.0. The number of carbonyl (C=O) groups excluding carboxylic acids is 1. The van der Waals surface area contributed by atoms with Gasteiger partial charge in [0, 0.05) is 38.8 Å². The van der Waals surface area contributed by atoms with Crippen molar-refractivity contribution in [3.63, 3.8) is 0 Å². The molecule has 7 nitrogen and oxygen atoms in total. The summed E-state index contributed by atoms with van der Waals surface area (Å²) in [5, 5.41) is 3.13. The van der Waals surface area contributed by atoms with Gasteiger partial charge in [-0.1, -0.05) is 19.3 Å². The molecule has 1 N–H and O–H groups in total. The van der Waals surface area contributed by atoms with E-state index in [0.29, 0.717) is 12.5 Å². The van der Waals surface area contributed by atoms with Gasteiger partial charge in [0.15, 0.2) is 0 Å². The fraction of sp³-hybridized carbons (Fsp3) is 0.958. The monoisotopic (exact) mass is 470 g/mol. The Morgan fingerprint density at radius 3 is 2.19 bits per heavy atom. The first-order chi connectivity index (χ1) is 15.4. The Morgan fingerprint density at radius 1 is 0.844 bits per heavy atom. The third-order valence-electron chi connectivity index (χ3n) is 8.57. The first kappa shape index (κ1) is 24.4. The molecule has 8 heteroatoms. The highest BCUT2D eigenvalue weighted by atomic mass is 32.2. The fourth-order valence-electron chi connectivity index (χ4n) is 6.75. The molecule has 184 valence electrons. The summed E-state index contributed by atoms with van der Waals surface area (Å²) in [5.74, 6) is 0.386. The molecule has 4 rings (SSSR count). The van der Waals surface area contributed by atoms with E-state index in [1.54, 1.807) is 14.2 Å². The van der Waals surface area contributed by atoms with Crippen molar-refractivity contribution in [1.29, 1.82) is 0 Å². The lowest BCUT2D eigenvalue weighted by atomic mass is 9.77. The van der Waals surface area contributed by atoms with Crippen LogP contribution in [0.4, 0.5) is 0 Å². The van der Waals surface area contributed by atoms with Crippen LogP contribution in [0.15, 0.2) is 0 Å². The summed E-state index contributed by atoms with van der Waals surface area (Å²) in [6.07, 6.45) is 11.9. The molecule has 3 aliphatic carbocycles. The summed E-state index contributed by atoms with van der Waals surface area (Å²) < 4.78 is 39.8. The van der Waals surface area contributed by atoms with Gasteiger partial charge in [0.05, 0.1) is 17.5 Å². The van der Waals surface area contributed by atoms with Crippen molar-refractivity contribution in [2.45, 2.75) is 113 Å². The third kappa shape index (κ3) is 5.34. The van der Waals surface area contributed by atoms with Gasteiger partial charge in [-0.25, -0.2) is 8.42 Å². The molecule has 0 aromatic carbocycles. The topological polar surface area (TPSA) is 84.9 Å². The summed E-state index contributed by atoms with van der Waals surface area (Å²) in [7, 11) is 0.194. The van der Waals surface area contributed by atoms with Gasteiger partial charge in [-0.3, -0.25) is 4.79 Å². The van der Waals surface area contributed by atoms with E-state index in [4.69, 9.17) is 9.47 Å². The van der Waals surface area contributed by atoms with Crippen LogP contribution in [0.1, 0.15) is 83.5 Å². The molecular weight excluding hydrogens is 428 g/mol. The fourth-order valence-corrected chi connectivity index (χ4v) is 9.10. The van der Waals surface area contributed by atoms with Crippen LogP contribution in [-0.2, 0) is 24.3 Å². The van der Waals surface area contributed by atoms with Gasteiger partial charge < -0.3 is 14.8 Å². The van der Waals surface area contributed by atoms with E-state index in [1.807, 2.05) is 4.31 Å². The van der Waals surface area contributed by atoms with Crippen LogP contribution in [0.3, 0.4) is 0 Å². The highest BCUT2D eigenvalue weighted by Crippen LogP contribution is 2.39. The van der Waals surface area contributed by atoms with Gasteiger partial charge in [0.2, 0.25) is 15.9 Å². The Kier molecular flexibility index (Phi) is 8.17. The van der Waals surface area contributed by atoms with Crippen molar-refractivity contribution in [2.24, 2.45) is 11.8 Å². The molecule has 0 radical (unpaired) electrons. The lowest BCUT2D eigenvalue weighted by Gasteiger charge is -2.46. The highest BCUT2D eigenvalue weighted by molar-refractivity contribution is 7.89. The molecule has 0 aromatic heterocycles. The summed E-state index contributed by atoms with van der Waals surface area (Å²) >= 11 is 0. The zero-order valence-electron chi connectivity index (χ0n) is 19.8. The Morgan fingerprint density at radius 2 is 1.53 bits per heavy atom. The molecular formula is C24H42N2O5S. The molecule has 0 bridgehead atoms. The number of fused-ring (bicyclic) bond motifs is 1. The van der Waals surface area contributed by atoms with Crippen molar-refractivity contribution < 1.29 is 22.7 Å². The molecule has 1 amide bonds. The number of amides is 1. The van der Waals surface area contributed by atoms with Gasteiger partial charge in [0.25, 0.3) is 0 Å². The Bertz CT molecular complexity index is 727. The molecule has 5 atom stereocenters. The average Bonchev–Trinajstić information content (AvgIpc) is 2.83. The SMILES string of the molecule is COC1CC(OC)CC(C(=O)NC2CCC3C(CCCN3S(=O)(=O)C3CCCCC3)C2)C1. The number of nitrogens with one attached hydrogen (secondary N) is 1. The molecule has 1 heterocycles. The molecule has 3 saturated carbocycles. The van der Waals surface area contributed by atoms with Crippen molar-refractivity contribution in [1.82, 2.24) is 9.62 Å². The van der Waals surface area contributed by atoms with Crippen LogP contribution in [0.25, 0.3) is 0 Å². The summed E-state index contributed by atoms with van der Waals surface area (Å²) in [6, 6.07) is 0.263. The van der Waals surface area contributed by atoms with Gasteiger partial charge in [-0.2, -0.15) is 4.31 Å². The van der Waals surface area contributed by atoms with Crippen LogP contribution in [0.5, 0.6) is 0 Å². The number of nitrogens with zero attached hydrogens (tertiary/aromatic N) is 1. The van der Waals surface area contributed by atoms with Crippen LogP contribution < -0.4 is 5.32 Å². The summed E-state index contributed by atoms with van der Waals surface area (Å²) in [5.41, 5.74) is 0. The van der Waals surface area contributed by atoms with E-state index in [1.165, 1.54) is 0 Å². The number of carbonyl (C=O) groups is 1. The van der Waals surface area contributed by atoms with Crippen LogP contribution in [0, 0.1) is 11.8 Å². The van der Waals surface area contributed by atoms with E-state index < -0.39 is 10.0 Å². The van der Waals surface area contributed by atoms with Gasteiger partial charge >= 0.3 is 0 Å². The van der Waals surface area contributed by atoms with Crippen molar-refractivity contribution in [2.75, 3.05) is 20.8 Å². The number of hydrogen-bond acceptors (Lipinski definition) is 5. The van der Waals surface area contributed by atoms with E-state index >= 15 is 0 Å². The molecule has 0 aromatic rings. The zero-order chi connectivity index (χ0) is 22.7. The van der Waals surface area contributed by atoms with Crippen molar-refractivity contribution in [3.05, 3.63) is 0 Å². The number of sulfonamides is 1. The quantitative estimate of drug-likeness (QED) is 0.644. The standard InChI is InChI=1S/C24H42N2O5S/c1-30-20-14-18(15-21(16-20)31-2)24(27)25-19-10-11-23-17(13-19)7-6-12-26(23)32(28,29)22-8-4-3-5-9-22/h17-23H,3-16H2,1-2H3,(H,25,27).